The summed E-state index contributed by atoms with van der Waals surface area (Å²) in [7, 11) is 0. The Morgan fingerprint density at radius 2 is 2.07 bits per heavy atom. The van der Waals surface area contributed by atoms with Crippen LogP contribution < -0.4 is 10.6 Å². The molecule has 7 atom stereocenters. The largest absolute Gasteiger partial charge is 0.467 e. The zero-order valence-electron chi connectivity index (χ0n) is 17.4. The Bertz CT molecular complexity index is 689. The molecule has 2 saturated carbocycles. The van der Waals surface area contributed by atoms with Crippen molar-refractivity contribution in [1.82, 2.24) is 10.6 Å². The molecule has 0 radical (unpaired) electrons. The van der Waals surface area contributed by atoms with Gasteiger partial charge in [0.1, 0.15) is 5.76 Å². The van der Waals surface area contributed by atoms with Crippen molar-refractivity contribution >= 4 is 11.8 Å². The van der Waals surface area contributed by atoms with Crippen LogP contribution in [0, 0.1) is 29.1 Å². The number of rotatable bonds is 5. The topological polar surface area (TPSA) is 91.6 Å². The maximum absolute atomic E-state index is 12.7. The number of aliphatic hydroxyl groups is 1. The van der Waals surface area contributed by atoms with Gasteiger partial charge in [-0.1, -0.05) is 20.8 Å². The van der Waals surface area contributed by atoms with Crippen molar-refractivity contribution in [3.8, 4) is 0 Å². The summed E-state index contributed by atoms with van der Waals surface area (Å²) in [6.07, 6.45) is 4.84. The van der Waals surface area contributed by atoms with Crippen LogP contribution in [0.3, 0.4) is 0 Å². The summed E-state index contributed by atoms with van der Waals surface area (Å²) in [6.45, 7) is 8.22. The molecule has 3 N–H and O–H groups in total. The Hall–Kier alpha value is -1.82. The highest BCUT2D eigenvalue weighted by molar-refractivity contribution is 5.78. The van der Waals surface area contributed by atoms with E-state index in [1.54, 1.807) is 19.3 Å². The lowest BCUT2D eigenvalue weighted by Gasteiger charge is -2.56. The molecule has 0 aliphatic heterocycles. The molecule has 6 heteroatoms. The van der Waals surface area contributed by atoms with E-state index >= 15 is 0 Å². The highest BCUT2D eigenvalue weighted by Gasteiger charge is 2.53. The Morgan fingerprint density at radius 3 is 2.71 bits per heavy atom. The molecule has 3 rings (SSSR count). The number of aliphatic hydroxyl groups excluding tert-OH is 1. The Kier molecular flexibility index (Phi) is 6.18. The van der Waals surface area contributed by atoms with E-state index in [4.69, 9.17) is 4.42 Å². The van der Waals surface area contributed by atoms with Gasteiger partial charge in [0.2, 0.25) is 11.8 Å². The molecule has 28 heavy (non-hydrogen) atoms. The minimum absolute atomic E-state index is 0.0204. The first-order valence-electron chi connectivity index (χ1n) is 10.5. The molecule has 0 bridgehead atoms. The normalized spacial score (nSPS) is 36.2. The quantitative estimate of drug-likeness (QED) is 0.721. The summed E-state index contributed by atoms with van der Waals surface area (Å²) in [5, 5.41) is 17.3. The molecule has 156 valence electrons. The summed E-state index contributed by atoms with van der Waals surface area (Å²) in [6, 6.07) is 3.72. The molecule has 0 saturated heterocycles. The highest BCUT2D eigenvalue weighted by atomic mass is 16.3. The first kappa shape index (κ1) is 20.9. The van der Waals surface area contributed by atoms with Crippen molar-refractivity contribution in [1.29, 1.82) is 0 Å². The molecule has 0 aromatic carbocycles. The van der Waals surface area contributed by atoms with E-state index in [1.165, 1.54) is 0 Å². The summed E-state index contributed by atoms with van der Waals surface area (Å²) < 4.78 is 5.27. The molecular weight excluding hydrogens is 356 g/mol. The average molecular weight is 391 g/mol. The van der Waals surface area contributed by atoms with Crippen LogP contribution in [0.2, 0.25) is 0 Å². The van der Waals surface area contributed by atoms with Crippen LogP contribution in [-0.2, 0) is 16.1 Å². The van der Waals surface area contributed by atoms with E-state index in [-0.39, 0.29) is 46.9 Å². The van der Waals surface area contributed by atoms with Crippen LogP contribution in [0.4, 0.5) is 0 Å². The zero-order chi connectivity index (χ0) is 20.5. The minimum atomic E-state index is -0.547. The number of hydrogen-bond acceptors (Lipinski definition) is 4. The van der Waals surface area contributed by atoms with Gasteiger partial charge in [0.25, 0.3) is 0 Å². The predicted molar refractivity (Wildman–Crippen MR) is 106 cm³/mol. The van der Waals surface area contributed by atoms with Crippen LogP contribution in [0.15, 0.2) is 22.8 Å². The first-order chi connectivity index (χ1) is 13.2. The van der Waals surface area contributed by atoms with Gasteiger partial charge in [-0.2, -0.15) is 0 Å². The molecule has 1 aromatic rings. The Balaban J connectivity index is 1.68. The van der Waals surface area contributed by atoms with Crippen LogP contribution >= 0.6 is 0 Å². The van der Waals surface area contributed by atoms with Crippen LogP contribution in [0.5, 0.6) is 0 Å². The first-order valence-corrected chi connectivity index (χ1v) is 10.5. The van der Waals surface area contributed by atoms with Crippen molar-refractivity contribution < 1.29 is 19.1 Å². The molecule has 2 amide bonds. The van der Waals surface area contributed by atoms with E-state index in [0.717, 1.165) is 31.4 Å². The number of amides is 2. The van der Waals surface area contributed by atoms with Crippen molar-refractivity contribution in [2.45, 2.75) is 72.1 Å². The number of carbonyl (C=O) groups is 2. The monoisotopic (exact) mass is 390 g/mol. The van der Waals surface area contributed by atoms with E-state index in [0.29, 0.717) is 6.54 Å². The fourth-order valence-corrected chi connectivity index (χ4v) is 5.70. The lowest BCUT2D eigenvalue weighted by atomic mass is 9.51. The van der Waals surface area contributed by atoms with Crippen molar-refractivity contribution in [3.05, 3.63) is 24.2 Å². The Morgan fingerprint density at radius 1 is 1.36 bits per heavy atom. The van der Waals surface area contributed by atoms with E-state index in [9.17, 15) is 14.7 Å². The molecule has 2 fully saturated rings. The fourth-order valence-electron chi connectivity index (χ4n) is 5.70. The standard InChI is InChI=1S/C22H34N2O4/c1-13(21(27)23-12-16-6-5-11-28-16)17-7-9-22(4)10-8-18(24-15(3)25)14(2)19(22)20(17)26/h5-6,11,13-14,17-20,26H,7-10,12H2,1-4H3,(H,23,27)(H,24,25). The number of hydrogen-bond donors (Lipinski definition) is 3. The molecule has 2 aliphatic rings. The van der Waals surface area contributed by atoms with Gasteiger partial charge in [0, 0.05) is 18.9 Å². The second-order valence-electron chi connectivity index (χ2n) is 9.16. The maximum Gasteiger partial charge on any atom is 0.223 e. The van der Waals surface area contributed by atoms with Crippen LogP contribution in [0.25, 0.3) is 0 Å². The zero-order valence-corrected chi connectivity index (χ0v) is 17.4. The highest BCUT2D eigenvalue weighted by Crippen LogP contribution is 2.55. The molecule has 0 spiro atoms. The number of furan rings is 1. The molecule has 1 aromatic heterocycles. The summed E-state index contributed by atoms with van der Waals surface area (Å²) >= 11 is 0. The number of carbonyl (C=O) groups excluding carboxylic acids is 2. The van der Waals surface area contributed by atoms with Gasteiger partial charge in [-0.15, -0.1) is 0 Å². The van der Waals surface area contributed by atoms with Gasteiger partial charge in [-0.3, -0.25) is 9.59 Å². The minimum Gasteiger partial charge on any atom is -0.467 e. The molecular formula is C22H34N2O4. The average Bonchev–Trinajstić information content (AvgIpc) is 3.15. The van der Waals surface area contributed by atoms with E-state index in [2.05, 4.69) is 24.5 Å². The van der Waals surface area contributed by atoms with Crippen LogP contribution in [0.1, 0.15) is 59.1 Å². The third-order valence-electron chi connectivity index (χ3n) is 7.35. The predicted octanol–water partition coefficient (Wildman–Crippen LogP) is 2.86. The second-order valence-corrected chi connectivity index (χ2v) is 9.16. The van der Waals surface area contributed by atoms with E-state index in [1.807, 2.05) is 13.0 Å². The van der Waals surface area contributed by atoms with Gasteiger partial charge in [0.05, 0.1) is 18.9 Å². The van der Waals surface area contributed by atoms with Crippen molar-refractivity contribution in [2.24, 2.45) is 29.1 Å². The maximum atomic E-state index is 12.7. The molecule has 7 unspecified atom stereocenters. The summed E-state index contributed by atoms with van der Waals surface area (Å²) in [5.74, 6) is 0.558. The van der Waals surface area contributed by atoms with Gasteiger partial charge < -0.3 is 20.2 Å². The third-order valence-corrected chi connectivity index (χ3v) is 7.35. The number of nitrogens with one attached hydrogen (secondary N) is 2. The molecule has 2 aliphatic carbocycles. The van der Waals surface area contributed by atoms with Crippen molar-refractivity contribution in [3.63, 3.8) is 0 Å². The third kappa shape index (κ3) is 4.12. The summed E-state index contributed by atoms with van der Waals surface area (Å²) in [4.78, 5) is 24.3. The lowest BCUT2D eigenvalue weighted by molar-refractivity contribution is -0.143. The molecule has 1 heterocycles. The Labute approximate surface area is 167 Å². The van der Waals surface area contributed by atoms with Crippen LogP contribution in [-0.4, -0.2) is 29.1 Å². The van der Waals surface area contributed by atoms with Gasteiger partial charge >= 0.3 is 0 Å². The lowest BCUT2D eigenvalue weighted by Crippen LogP contribution is -2.58. The fraction of sp³-hybridized carbons (Fsp3) is 0.727. The smallest absolute Gasteiger partial charge is 0.223 e. The van der Waals surface area contributed by atoms with Gasteiger partial charge in [-0.25, -0.2) is 0 Å². The molecule has 6 nitrogen and oxygen atoms in total. The van der Waals surface area contributed by atoms with Crippen molar-refractivity contribution in [2.75, 3.05) is 0 Å². The van der Waals surface area contributed by atoms with E-state index < -0.39 is 6.10 Å². The van der Waals surface area contributed by atoms with Gasteiger partial charge in [-0.05, 0) is 61.0 Å². The summed E-state index contributed by atoms with van der Waals surface area (Å²) in [5.41, 5.74) is 0.0642. The SMILES string of the molecule is CC(=O)NC1CCC2(C)CCC(C(C)C(=O)NCc3ccco3)C(O)C2C1C. The van der Waals surface area contributed by atoms with Gasteiger partial charge in [0.15, 0.2) is 0 Å². The second kappa shape index (κ2) is 8.27. The number of fused-ring (bicyclic) bond motifs is 1.